The number of nitrogens with zero attached hydrogens (tertiary/aromatic N) is 3. The molecule has 0 bridgehead atoms. The lowest BCUT2D eigenvalue weighted by Crippen LogP contribution is -2.22. The highest BCUT2D eigenvalue weighted by atomic mass is 32.2. The van der Waals surface area contributed by atoms with Crippen LogP contribution in [0.3, 0.4) is 0 Å². The number of carbonyl (C=O) groups is 1. The number of aromatic nitrogens is 2. The zero-order valence-corrected chi connectivity index (χ0v) is 17.9. The molecule has 29 heavy (non-hydrogen) atoms. The second-order valence-corrected chi connectivity index (χ2v) is 9.26. The first-order valence-electron chi connectivity index (χ1n) is 9.07. The second kappa shape index (κ2) is 7.81. The lowest BCUT2D eigenvalue weighted by Gasteiger charge is -2.14. The number of hydrogen-bond donors (Lipinski definition) is 1. The third-order valence-corrected chi connectivity index (χ3v) is 6.55. The largest absolute Gasteiger partial charge is 0.322 e. The molecule has 3 aromatic rings. The van der Waals surface area contributed by atoms with Crippen LogP contribution in [0, 0.1) is 20.8 Å². The number of benzene rings is 2. The predicted octanol–water partition coefficient (Wildman–Crippen LogP) is 3.30. The summed E-state index contributed by atoms with van der Waals surface area (Å²) < 4.78 is 27.6. The van der Waals surface area contributed by atoms with Gasteiger partial charge in [-0.2, -0.15) is 5.10 Å². The number of carbonyl (C=O) groups excluding carboxylic acids is 1. The first-order chi connectivity index (χ1) is 13.6. The summed E-state index contributed by atoms with van der Waals surface area (Å²) in [4.78, 5) is 13.0. The molecule has 1 N–H and O–H groups in total. The first-order valence-corrected chi connectivity index (χ1v) is 10.5. The Morgan fingerprint density at radius 3 is 2.45 bits per heavy atom. The van der Waals surface area contributed by atoms with Crippen LogP contribution in [0.1, 0.15) is 27.2 Å². The van der Waals surface area contributed by atoms with E-state index < -0.39 is 10.0 Å². The molecule has 0 atom stereocenters. The number of amides is 1. The van der Waals surface area contributed by atoms with Crippen LogP contribution < -0.4 is 5.32 Å². The van der Waals surface area contributed by atoms with E-state index in [9.17, 15) is 13.2 Å². The van der Waals surface area contributed by atoms with Crippen molar-refractivity contribution in [3.8, 4) is 5.69 Å². The van der Waals surface area contributed by atoms with Gasteiger partial charge < -0.3 is 5.32 Å². The summed E-state index contributed by atoms with van der Waals surface area (Å²) >= 11 is 0. The Kier molecular flexibility index (Phi) is 5.59. The van der Waals surface area contributed by atoms with Crippen LogP contribution in [0.4, 0.5) is 5.69 Å². The monoisotopic (exact) mass is 412 g/mol. The minimum Gasteiger partial charge on any atom is -0.322 e. The molecule has 1 amide bonds. The first kappa shape index (κ1) is 20.8. The summed E-state index contributed by atoms with van der Waals surface area (Å²) in [5.41, 5.74) is 4.30. The zero-order valence-electron chi connectivity index (χ0n) is 17.1. The Balaban J connectivity index is 1.92. The standard InChI is InChI=1S/C21H24N4O3S/c1-14-7-6-8-17(11-14)25-16(3)19(13-22-25)21(26)23-20-12-18(10-9-15(20)2)29(27,28)24(4)5/h6-13H,1-5H3,(H,23,26). The highest BCUT2D eigenvalue weighted by Crippen LogP contribution is 2.23. The van der Waals surface area contributed by atoms with Gasteiger partial charge in [-0.15, -0.1) is 0 Å². The molecule has 0 aliphatic rings. The minimum atomic E-state index is -3.60. The molecule has 0 fully saturated rings. The van der Waals surface area contributed by atoms with Crippen LogP contribution in [0.15, 0.2) is 53.6 Å². The Labute approximate surface area is 171 Å². The number of anilines is 1. The number of sulfonamides is 1. The zero-order chi connectivity index (χ0) is 21.3. The van der Waals surface area contributed by atoms with Crippen LogP contribution in [0.2, 0.25) is 0 Å². The van der Waals surface area contributed by atoms with E-state index >= 15 is 0 Å². The average molecular weight is 413 g/mol. The molecule has 0 unspecified atom stereocenters. The molecule has 152 valence electrons. The fourth-order valence-corrected chi connectivity index (χ4v) is 3.88. The van der Waals surface area contributed by atoms with Gasteiger partial charge in [-0.3, -0.25) is 4.79 Å². The number of rotatable bonds is 5. The van der Waals surface area contributed by atoms with E-state index in [0.717, 1.165) is 21.1 Å². The van der Waals surface area contributed by atoms with Gasteiger partial charge in [0, 0.05) is 19.8 Å². The molecule has 3 rings (SSSR count). The van der Waals surface area contributed by atoms with Gasteiger partial charge in [0.2, 0.25) is 10.0 Å². The van der Waals surface area contributed by atoms with Gasteiger partial charge in [-0.1, -0.05) is 18.2 Å². The van der Waals surface area contributed by atoms with Crippen LogP contribution in [0.5, 0.6) is 0 Å². The molecule has 0 saturated heterocycles. The molecule has 0 saturated carbocycles. The number of hydrogen-bond acceptors (Lipinski definition) is 4. The maximum absolute atomic E-state index is 12.9. The Hall–Kier alpha value is -2.97. The Morgan fingerprint density at radius 1 is 1.07 bits per heavy atom. The topological polar surface area (TPSA) is 84.3 Å². The molecule has 0 spiro atoms. The fourth-order valence-electron chi connectivity index (χ4n) is 2.95. The summed E-state index contributed by atoms with van der Waals surface area (Å²) in [6.45, 7) is 5.63. The van der Waals surface area contributed by atoms with Crippen molar-refractivity contribution < 1.29 is 13.2 Å². The van der Waals surface area contributed by atoms with Crippen molar-refractivity contribution in [1.29, 1.82) is 0 Å². The van der Waals surface area contributed by atoms with Crippen LogP contribution in [-0.4, -0.2) is 42.5 Å². The van der Waals surface area contributed by atoms with Gasteiger partial charge in [0.25, 0.3) is 5.91 Å². The quantitative estimate of drug-likeness (QED) is 0.697. The van der Waals surface area contributed by atoms with Crippen molar-refractivity contribution in [3.05, 3.63) is 71.0 Å². The average Bonchev–Trinajstić information content (AvgIpc) is 3.04. The maximum atomic E-state index is 12.9. The van der Waals surface area contributed by atoms with Crippen LogP contribution in [-0.2, 0) is 10.0 Å². The molecular weight excluding hydrogens is 388 g/mol. The van der Waals surface area contributed by atoms with E-state index in [1.165, 1.54) is 32.4 Å². The minimum absolute atomic E-state index is 0.121. The highest BCUT2D eigenvalue weighted by molar-refractivity contribution is 7.89. The maximum Gasteiger partial charge on any atom is 0.259 e. The highest BCUT2D eigenvalue weighted by Gasteiger charge is 2.20. The van der Waals surface area contributed by atoms with E-state index in [4.69, 9.17) is 0 Å². The SMILES string of the molecule is Cc1cccc(-n2ncc(C(=O)Nc3cc(S(=O)(=O)N(C)C)ccc3C)c2C)c1. The molecule has 7 nitrogen and oxygen atoms in total. The molecule has 0 aliphatic heterocycles. The normalized spacial score (nSPS) is 11.7. The van der Waals surface area contributed by atoms with E-state index in [2.05, 4.69) is 10.4 Å². The van der Waals surface area contributed by atoms with Crippen LogP contribution >= 0.6 is 0 Å². The molecule has 2 aromatic carbocycles. The number of nitrogens with one attached hydrogen (secondary N) is 1. The third-order valence-electron chi connectivity index (χ3n) is 4.74. The Bertz CT molecular complexity index is 1180. The smallest absolute Gasteiger partial charge is 0.259 e. The summed E-state index contributed by atoms with van der Waals surface area (Å²) in [5, 5.41) is 7.17. The van der Waals surface area contributed by atoms with Gasteiger partial charge in [0.15, 0.2) is 0 Å². The lowest BCUT2D eigenvalue weighted by atomic mass is 10.1. The second-order valence-electron chi connectivity index (χ2n) is 7.11. The summed E-state index contributed by atoms with van der Waals surface area (Å²) in [6, 6.07) is 12.5. The van der Waals surface area contributed by atoms with Crippen molar-refractivity contribution in [2.45, 2.75) is 25.7 Å². The van der Waals surface area contributed by atoms with E-state index in [-0.39, 0.29) is 10.8 Å². The van der Waals surface area contributed by atoms with E-state index in [1.807, 2.05) is 45.0 Å². The fraction of sp³-hybridized carbons (Fsp3) is 0.238. The predicted molar refractivity (Wildman–Crippen MR) is 113 cm³/mol. The lowest BCUT2D eigenvalue weighted by molar-refractivity contribution is 0.102. The van der Waals surface area contributed by atoms with Gasteiger partial charge >= 0.3 is 0 Å². The molecule has 0 aliphatic carbocycles. The third kappa shape index (κ3) is 4.08. The van der Waals surface area contributed by atoms with Gasteiger partial charge in [0.1, 0.15) is 0 Å². The molecule has 8 heteroatoms. The van der Waals surface area contributed by atoms with Crippen molar-refractivity contribution in [2.75, 3.05) is 19.4 Å². The van der Waals surface area contributed by atoms with E-state index in [0.29, 0.717) is 16.9 Å². The van der Waals surface area contributed by atoms with Gasteiger partial charge in [-0.05, 0) is 56.2 Å². The Morgan fingerprint density at radius 2 is 1.79 bits per heavy atom. The van der Waals surface area contributed by atoms with Gasteiger partial charge in [0.05, 0.1) is 28.0 Å². The molecule has 1 heterocycles. The summed E-state index contributed by atoms with van der Waals surface area (Å²) in [5.74, 6) is -0.344. The summed E-state index contributed by atoms with van der Waals surface area (Å²) in [6.07, 6.45) is 1.52. The van der Waals surface area contributed by atoms with Crippen molar-refractivity contribution in [2.24, 2.45) is 0 Å². The van der Waals surface area contributed by atoms with Gasteiger partial charge in [-0.25, -0.2) is 17.4 Å². The molecule has 0 radical (unpaired) electrons. The van der Waals surface area contributed by atoms with Crippen molar-refractivity contribution in [3.63, 3.8) is 0 Å². The molecule has 1 aromatic heterocycles. The van der Waals surface area contributed by atoms with E-state index in [1.54, 1.807) is 10.7 Å². The van der Waals surface area contributed by atoms with Crippen LogP contribution in [0.25, 0.3) is 5.69 Å². The van der Waals surface area contributed by atoms with Crippen molar-refractivity contribution in [1.82, 2.24) is 14.1 Å². The molecular formula is C21H24N4O3S. The summed E-state index contributed by atoms with van der Waals surface area (Å²) in [7, 11) is -0.658. The number of aryl methyl sites for hydroxylation is 2. The van der Waals surface area contributed by atoms with Crippen molar-refractivity contribution >= 4 is 21.6 Å².